The molecule has 0 unspecified atom stereocenters. The molecule has 0 saturated heterocycles. The molecule has 3 nitrogen and oxygen atoms in total. The predicted molar refractivity (Wildman–Crippen MR) is 102 cm³/mol. The zero-order valence-electron chi connectivity index (χ0n) is 13.1. The molecule has 0 bridgehead atoms. The smallest absolute Gasteiger partial charge is 0.228 e. The van der Waals surface area contributed by atoms with Crippen molar-refractivity contribution in [2.75, 3.05) is 5.32 Å². The maximum atomic E-state index is 12.3. The Morgan fingerprint density at radius 1 is 1.17 bits per heavy atom. The Labute approximate surface area is 149 Å². The molecule has 0 saturated carbocycles. The van der Waals surface area contributed by atoms with Crippen molar-refractivity contribution in [2.24, 2.45) is 0 Å². The summed E-state index contributed by atoms with van der Waals surface area (Å²) in [5.74, 6) is 0.409. The third-order valence-electron chi connectivity index (χ3n) is 3.82. The van der Waals surface area contributed by atoms with Gasteiger partial charge in [0.25, 0.3) is 0 Å². The Morgan fingerprint density at radius 2 is 1.91 bits per heavy atom. The van der Waals surface area contributed by atoms with Crippen molar-refractivity contribution in [3.8, 4) is 0 Å². The number of carbonyl (C=O) groups excluding carboxylic acids is 1. The number of rotatable bonds is 4. The third kappa shape index (κ3) is 3.75. The fraction of sp³-hybridized carbons (Fsp3) is 0.211. The summed E-state index contributed by atoms with van der Waals surface area (Å²) in [6.07, 6.45) is 1.99. The summed E-state index contributed by atoms with van der Waals surface area (Å²) >= 11 is 2.24. The van der Waals surface area contributed by atoms with E-state index >= 15 is 0 Å². The van der Waals surface area contributed by atoms with Crippen molar-refractivity contribution in [3.05, 3.63) is 63.4 Å². The van der Waals surface area contributed by atoms with Crippen LogP contribution in [0, 0.1) is 3.57 Å². The molecule has 118 valence electrons. The topological polar surface area (TPSA) is 42.2 Å². The Balaban J connectivity index is 1.79. The highest BCUT2D eigenvalue weighted by atomic mass is 127. The normalized spacial score (nSPS) is 11.1. The highest BCUT2D eigenvalue weighted by Gasteiger charge is 2.12. The fourth-order valence-corrected chi connectivity index (χ4v) is 2.87. The maximum absolute atomic E-state index is 12.3. The van der Waals surface area contributed by atoms with E-state index in [-0.39, 0.29) is 5.91 Å². The molecule has 0 atom stereocenters. The highest BCUT2D eigenvalue weighted by molar-refractivity contribution is 14.1. The summed E-state index contributed by atoms with van der Waals surface area (Å²) in [6.45, 7) is 4.31. The first kappa shape index (κ1) is 16.1. The lowest BCUT2D eigenvalue weighted by molar-refractivity contribution is -0.115. The molecule has 3 rings (SSSR count). The van der Waals surface area contributed by atoms with Crippen LogP contribution in [0.4, 0.5) is 5.69 Å². The minimum atomic E-state index is -0.0381. The molecule has 0 radical (unpaired) electrons. The molecule has 0 aliphatic carbocycles. The number of furan rings is 1. The van der Waals surface area contributed by atoms with Crippen LogP contribution in [0.2, 0.25) is 0 Å². The Hall–Kier alpha value is -1.82. The van der Waals surface area contributed by atoms with E-state index in [1.54, 1.807) is 6.26 Å². The molecule has 0 aliphatic rings. The average molecular weight is 419 g/mol. The van der Waals surface area contributed by atoms with Gasteiger partial charge in [-0.2, -0.15) is 0 Å². The van der Waals surface area contributed by atoms with Crippen molar-refractivity contribution < 1.29 is 9.21 Å². The molecule has 1 heterocycles. The lowest BCUT2D eigenvalue weighted by atomic mass is 10.00. The lowest BCUT2D eigenvalue weighted by Crippen LogP contribution is -2.14. The van der Waals surface area contributed by atoms with Crippen LogP contribution in [0.3, 0.4) is 0 Å². The standard InChI is InChI=1S/C19H18INO2/c1-12(2)13-3-8-18-17(9-13)14(11-23-18)10-19(22)21-16-6-4-15(20)5-7-16/h3-9,11-12H,10H2,1-2H3,(H,21,22). The second kappa shape index (κ2) is 6.74. The minimum Gasteiger partial charge on any atom is -0.464 e. The molecule has 1 amide bonds. The van der Waals surface area contributed by atoms with Crippen LogP contribution in [0.1, 0.15) is 30.9 Å². The van der Waals surface area contributed by atoms with Gasteiger partial charge in [-0.25, -0.2) is 0 Å². The Bertz CT molecular complexity index is 834. The summed E-state index contributed by atoms with van der Waals surface area (Å²) in [6, 6.07) is 13.9. The number of amides is 1. The molecule has 1 N–H and O–H groups in total. The van der Waals surface area contributed by atoms with Gasteiger partial charge in [0.15, 0.2) is 0 Å². The second-order valence-corrected chi connectivity index (χ2v) is 7.15. The number of fused-ring (bicyclic) bond motifs is 1. The molecule has 0 spiro atoms. The largest absolute Gasteiger partial charge is 0.464 e. The van der Waals surface area contributed by atoms with E-state index in [0.29, 0.717) is 12.3 Å². The first-order chi connectivity index (χ1) is 11.0. The Morgan fingerprint density at radius 3 is 2.61 bits per heavy atom. The molecule has 0 fully saturated rings. The molecular formula is C19H18INO2. The zero-order valence-corrected chi connectivity index (χ0v) is 15.3. The van der Waals surface area contributed by atoms with E-state index in [4.69, 9.17) is 4.42 Å². The third-order valence-corrected chi connectivity index (χ3v) is 4.54. The number of hydrogen-bond donors (Lipinski definition) is 1. The summed E-state index contributed by atoms with van der Waals surface area (Å²) in [7, 11) is 0. The van der Waals surface area contributed by atoms with Crippen LogP contribution in [-0.4, -0.2) is 5.91 Å². The van der Waals surface area contributed by atoms with Crippen LogP contribution < -0.4 is 5.32 Å². The quantitative estimate of drug-likeness (QED) is 0.580. The first-order valence-electron chi connectivity index (χ1n) is 7.58. The van der Waals surface area contributed by atoms with Gasteiger partial charge in [-0.05, 0) is 70.5 Å². The van der Waals surface area contributed by atoms with Crippen molar-refractivity contribution in [3.63, 3.8) is 0 Å². The van der Waals surface area contributed by atoms with E-state index in [9.17, 15) is 4.79 Å². The number of hydrogen-bond acceptors (Lipinski definition) is 2. The van der Waals surface area contributed by atoms with E-state index < -0.39 is 0 Å². The highest BCUT2D eigenvalue weighted by Crippen LogP contribution is 2.26. The molecular weight excluding hydrogens is 401 g/mol. The zero-order chi connectivity index (χ0) is 16.4. The van der Waals surface area contributed by atoms with Gasteiger partial charge in [-0.1, -0.05) is 19.9 Å². The van der Waals surface area contributed by atoms with Gasteiger partial charge >= 0.3 is 0 Å². The van der Waals surface area contributed by atoms with Gasteiger partial charge in [0.2, 0.25) is 5.91 Å². The molecule has 4 heteroatoms. The van der Waals surface area contributed by atoms with Gasteiger partial charge < -0.3 is 9.73 Å². The van der Waals surface area contributed by atoms with Crippen LogP contribution in [-0.2, 0) is 11.2 Å². The van der Waals surface area contributed by atoms with Gasteiger partial charge in [0.1, 0.15) is 5.58 Å². The van der Waals surface area contributed by atoms with Crippen LogP contribution in [0.25, 0.3) is 11.0 Å². The van der Waals surface area contributed by atoms with E-state index in [1.807, 2.05) is 30.3 Å². The molecule has 0 aliphatic heterocycles. The van der Waals surface area contributed by atoms with Crippen molar-refractivity contribution in [1.82, 2.24) is 0 Å². The molecule has 3 aromatic rings. The maximum Gasteiger partial charge on any atom is 0.228 e. The lowest BCUT2D eigenvalue weighted by Gasteiger charge is -2.06. The van der Waals surface area contributed by atoms with E-state index in [0.717, 1.165) is 25.8 Å². The number of nitrogens with one attached hydrogen (secondary N) is 1. The predicted octanol–water partition coefficient (Wildman–Crippen LogP) is 5.34. The monoisotopic (exact) mass is 419 g/mol. The summed E-state index contributed by atoms with van der Waals surface area (Å²) < 4.78 is 6.71. The van der Waals surface area contributed by atoms with Gasteiger partial charge in [0, 0.05) is 20.2 Å². The summed E-state index contributed by atoms with van der Waals surface area (Å²) in [5, 5.41) is 3.95. The van der Waals surface area contributed by atoms with Crippen molar-refractivity contribution in [2.45, 2.75) is 26.2 Å². The van der Waals surface area contributed by atoms with Crippen molar-refractivity contribution >= 4 is 45.2 Å². The van der Waals surface area contributed by atoms with Crippen LogP contribution in [0.5, 0.6) is 0 Å². The number of anilines is 1. The first-order valence-corrected chi connectivity index (χ1v) is 8.66. The van der Waals surface area contributed by atoms with E-state index in [2.05, 4.69) is 53.9 Å². The number of carbonyl (C=O) groups is 1. The number of benzene rings is 2. The van der Waals surface area contributed by atoms with Gasteiger partial charge in [-0.15, -0.1) is 0 Å². The average Bonchev–Trinajstić information content (AvgIpc) is 2.92. The molecule has 2 aromatic carbocycles. The van der Waals surface area contributed by atoms with Crippen LogP contribution in [0.15, 0.2) is 53.1 Å². The van der Waals surface area contributed by atoms with Crippen molar-refractivity contribution in [1.29, 1.82) is 0 Å². The van der Waals surface area contributed by atoms with E-state index in [1.165, 1.54) is 5.56 Å². The molecule has 1 aromatic heterocycles. The Kier molecular flexibility index (Phi) is 4.71. The van der Waals surface area contributed by atoms with Gasteiger partial charge in [0.05, 0.1) is 12.7 Å². The van der Waals surface area contributed by atoms with Gasteiger partial charge in [-0.3, -0.25) is 4.79 Å². The number of halogens is 1. The molecule has 23 heavy (non-hydrogen) atoms. The summed E-state index contributed by atoms with van der Waals surface area (Å²) in [4.78, 5) is 12.3. The SMILES string of the molecule is CC(C)c1ccc2occ(CC(=O)Nc3ccc(I)cc3)c2c1. The van der Waals surface area contributed by atoms with Crippen LogP contribution >= 0.6 is 22.6 Å². The second-order valence-electron chi connectivity index (χ2n) is 5.90. The summed E-state index contributed by atoms with van der Waals surface area (Å²) in [5.41, 5.74) is 3.81. The minimum absolute atomic E-state index is 0.0381. The fourth-order valence-electron chi connectivity index (χ4n) is 2.51.